The molecule has 0 aromatic carbocycles. The van der Waals surface area contributed by atoms with Crippen LogP contribution in [0.1, 0.15) is 66.7 Å². The van der Waals surface area contributed by atoms with Crippen LogP contribution in [0.25, 0.3) is 0 Å². The number of nitrogens with one attached hydrogen (secondary N) is 1. The Morgan fingerprint density at radius 1 is 1.00 bits per heavy atom. The number of nitrogens with zero attached hydrogens (tertiary/aromatic N) is 1. The van der Waals surface area contributed by atoms with Gasteiger partial charge in [0.15, 0.2) is 0 Å². The Bertz CT molecular complexity index is 493. The molecule has 1 heterocycles. The molecule has 150 valence electrons. The van der Waals surface area contributed by atoms with E-state index in [1.54, 1.807) is 0 Å². The van der Waals surface area contributed by atoms with Gasteiger partial charge in [-0.1, -0.05) is 0 Å². The predicted molar refractivity (Wildman–Crippen MR) is 101 cm³/mol. The van der Waals surface area contributed by atoms with Crippen LogP contribution in [-0.2, 0) is 19.1 Å². The second kappa shape index (κ2) is 8.70. The number of rotatable bonds is 8. The van der Waals surface area contributed by atoms with Crippen LogP contribution in [0.5, 0.6) is 0 Å². The summed E-state index contributed by atoms with van der Waals surface area (Å²) in [5.74, 6) is 0.442. The molecule has 2 aliphatic rings. The van der Waals surface area contributed by atoms with Gasteiger partial charge in [0.25, 0.3) is 0 Å². The molecule has 1 aliphatic carbocycles. The maximum atomic E-state index is 12.2. The lowest BCUT2D eigenvalue weighted by atomic mass is 10.0. The van der Waals surface area contributed by atoms with Crippen molar-refractivity contribution in [1.82, 2.24) is 10.2 Å². The van der Waals surface area contributed by atoms with Crippen LogP contribution < -0.4 is 5.32 Å². The molecule has 2 atom stereocenters. The molecule has 6 nitrogen and oxygen atoms in total. The van der Waals surface area contributed by atoms with Gasteiger partial charge in [0.2, 0.25) is 11.8 Å². The first-order chi connectivity index (χ1) is 12.1. The van der Waals surface area contributed by atoms with Gasteiger partial charge in [-0.05, 0) is 72.6 Å². The number of hydrogen-bond donors (Lipinski definition) is 1. The number of ether oxygens (including phenoxy) is 2. The first-order valence-corrected chi connectivity index (χ1v) is 9.91. The van der Waals surface area contributed by atoms with Crippen LogP contribution in [0.2, 0.25) is 0 Å². The number of amides is 2. The molecule has 0 spiro atoms. The molecule has 0 radical (unpaired) electrons. The number of carbonyl (C=O) groups is 2. The third-order valence-electron chi connectivity index (χ3n) is 4.95. The van der Waals surface area contributed by atoms with E-state index >= 15 is 0 Å². The number of carbonyl (C=O) groups excluding carboxylic acids is 2. The fraction of sp³-hybridized carbons (Fsp3) is 0.900. The van der Waals surface area contributed by atoms with Crippen LogP contribution in [0, 0.1) is 5.92 Å². The highest BCUT2D eigenvalue weighted by atomic mass is 16.5. The summed E-state index contributed by atoms with van der Waals surface area (Å²) in [5, 5.41) is 3.02. The lowest BCUT2D eigenvalue weighted by molar-refractivity contribution is -0.143. The summed E-state index contributed by atoms with van der Waals surface area (Å²) in [6, 6.07) is 0.201. The molecule has 1 saturated heterocycles. The molecule has 1 aliphatic heterocycles. The Morgan fingerprint density at radius 2 is 1.65 bits per heavy atom. The smallest absolute Gasteiger partial charge is 0.248 e. The van der Waals surface area contributed by atoms with Crippen LogP contribution >= 0.6 is 0 Å². The van der Waals surface area contributed by atoms with Crippen LogP contribution in [0.3, 0.4) is 0 Å². The topological polar surface area (TPSA) is 67.9 Å². The number of hydrogen-bond acceptors (Lipinski definition) is 4. The highest BCUT2D eigenvalue weighted by Gasteiger charge is 2.42. The van der Waals surface area contributed by atoms with Gasteiger partial charge in [0, 0.05) is 19.1 Å². The van der Waals surface area contributed by atoms with Crippen molar-refractivity contribution in [3.8, 4) is 0 Å². The minimum absolute atomic E-state index is 0.0635. The van der Waals surface area contributed by atoms with Gasteiger partial charge in [0.05, 0.1) is 11.2 Å². The summed E-state index contributed by atoms with van der Waals surface area (Å²) < 4.78 is 11.4. The van der Waals surface area contributed by atoms with Gasteiger partial charge in [-0.25, -0.2) is 0 Å². The predicted octanol–water partition coefficient (Wildman–Crippen LogP) is 2.50. The van der Waals surface area contributed by atoms with Crippen molar-refractivity contribution >= 4 is 11.8 Å². The van der Waals surface area contributed by atoms with Crippen molar-refractivity contribution in [2.45, 2.75) is 84.0 Å². The quantitative estimate of drug-likeness (QED) is 0.715. The summed E-state index contributed by atoms with van der Waals surface area (Å²) in [7, 11) is 0. The third kappa shape index (κ3) is 7.62. The second-order valence-electron chi connectivity index (χ2n) is 9.26. The fourth-order valence-electron chi connectivity index (χ4n) is 3.36. The first-order valence-electron chi connectivity index (χ1n) is 9.91. The Hall–Kier alpha value is -1.14. The minimum atomic E-state index is -0.364. The summed E-state index contributed by atoms with van der Waals surface area (Å²) in [6.45, 7) is 11.8. The second-order valence-corrected chi connectivity index (χ2v) is 9.26. The normalized spacial score (nSPS) is 23.7. The van der Waals surface area contributed by atoms with Crippen LogP contribution in [0.15, 0.2) is 0 Å². The zero-order chi connectivity index (χ0) is 19.4. The summed E-state index contributed by atoms with van der Waals surface area (Å²) in [6.07, 6.45) is 5.21. The van der Waals surface area contributed by atoms with E-state index in [4.69, 9.17) is 9.47 Å². The molecule has 2 rings (SSSR count). The minimum Gasteiger partial charge on any atom is -0.366 e. The third-order valence-corrected chi connectivity index (χ3v) is 4.95. The average molecular weight is 369 g/mol. The Balaban J connectivity index is 1.65. The molecule has 0 aromatic heterocycles. The monoisotopic (exact) mass is 368 g/mol. The molecule has 1 saturated carbocycles. The van der Waals surface area contributed by atoms with Gasteiger partial charge in [-0.2, -0.15) is 0 Å². The molecule has 2 fully saturated rings. The molecule has 0 aromatic rings. The highest BCUT2D eigenvalue weighted by Crippen LogP contribution is 2.38. The molecule has 2 amide bonds. The maximum absolute atomic E-state index is 12.2. The zero-order valence-corrected chi connectivity index (χ0v) is 17.1. The average Bonchev–Trinajstić information content (AvgIpc) is 3.27. The molecule has 0 bridgehead atoms. The molecule has 26 heavy (non-hydrogen) atoms. The van der Waals surface area contributed by atoms with Crippen molar-refractivity contribution in [2.24, 2.45) is 5.92 Å². The molecular formula is C20H36N2O4. The zero-order valence-electron chi connectivity index (χ0n) is 17.1. The largest absolute Gasteiger partial charge is 0.366 e. The molecular weight excluding hydrogens is 332 g/mol. The van der Waals surface area contributed by atoms with Crippen molar-refractivity contribution in [2.75, 3.05) is 26.3 Å². The van der Waals surface area contributed by atoms with Gasteiger partial charge < -0.3 is 19.7 Å². The summed E-state index contributed by atoms with van der Waals surface area (Å²) >= 11 is 0. The molecule has 1 N–H and O–H groups in total. The van der Waals surface area contributed by atoms with E-state index in [0.29, 0.717) is 5.92 Å². The molecule has 2 unspecified atom stereocenters. The van der Waals surface area contributed by atoms with Crippen molar-refractivity contribution in [1.29, 1.82) is 0 Å². The van der Waals surface area contributed by atoms with Crippen LogP contribution in [-0.4, -0.2) is 60.3 Å². The standard InChI is InChI=1S/C20H36N2O4/c1-19(2,3)25-13-17(23)21-16-11-15(16)12-20(4,5)26-14-18(24)22-9-7-6-8-10-22/h15-16H,6-14H2,1-5H3,(H,21,23). The van der Waals surface area contributed by atoms with E-state index in [1.165, 1.54) is 6.42 Å². The van der Waals surface area contributed by atoms with E-state index in [-0.39, 0.29) is 42.3 Å². The SMILES string of the molecule is CC(C)(C)OCC(=O)NC1CC1CC(C)(C)OCC(=O)N1CCCCC1. The van der Waals surface area contributed by atoms with E-state index in [9.17, 15) is 9.59 Å². The lowest BCUT2D eigenvalue weighted by Crippen LogP contribution is -2.40. The van der Waals surface area contributed by atoms with Gasteiger partial charge >= 0.3 is 0 Å². The summed E-state index contributed by atoms with van der Waals surface area (Å²) in [4.78, 5) is 26.1. The van der Waals surface area contributed by atoms with Gasteiger partial charge in [0.1, 0.15) is 13.2 Å². The van der Waals surface area contributed by atoms with Crippen LogP contribution in [0.4, 0.5) is 0 Å². The van der Waals surface area contributed by atoms with Gasteiger partial charge in [-0.3, -0.25) is 9.59 Å². The summed E-state index contributed by atoms with van der Waals surface area (Å²) in [5.41, 5.74) is -0.672. The lowest BCUT2D eigenvalue weighted by Gasteiger charge is -2.30. The Labute approximate surface area is 158 Å². The van der Waals surface area contributed by atoms with E-state index < -0.39 is 0 Å². The molecule has 6 heteroatoms. The number of likely N-dealkylation sites (tertiary alicyclic amines) is 1. The van der Waals surface area contributed by atoms with Crippen molar-refractivity contribution < 1.29 is 19.1 Å². The van der Waals surface area contributed by atoms with Gasteiger partial charge in [-0.15, -0.1) is 0 Å². The fourth-order valence-corrected chi connectivity index (χ4v) is 3.36. The Morgan fingerprint density at radius 3 is 2.27 bits per heavy atom. The van der Waals surface area contributed by atoms with Crippen molar-refractivity contribution in [3.63, 3.8) is 0 Å². The van der Waals surface area contributed by atoms with Crippen molar-refractivity contribution in [3.05, 3.63) is 0 Å². The highest BCUT2D eigenvalue weighted by molar-refractivity contribution is 5.78. The Kier molecular flexibility index (Phi) is 7.08. The first kappa shape index (κ1) is 21.2. The number of piperidine rings is 1. The van der Waals surface area contributed by atoms with E-state index in [0.717, 1.165) is 38.8 Å². The van der Waals surface area contributed by atoms with E-state index in [2.05, 4.69) is 5.32 Å². The van der Waals surface area contributed by atoms with E-state index in [1.807, 2.05) is 39.5 Å². The maximum Gasteiger partial charge on any atom is 0.248 e.